The number of hydrogen-bond donors (Lipinski definition) is 0. The predicted molar refractivity (Wildman–Crippen MR) is 440 cm³/mol. The molecular formula is C93H155ClN4O4. The molecule has 0 amide bonds. The second-order valence-electron chi connectivity index (χ2n) is 30.4. The Morgan fingerprint density at radius 1 is 0.275 bits per heavy atom. The maximum absolute atomic E-state index is 13.7. The number of anilines is 4. The lowest BCUT2D eigenvalue weighted by Gasteiger charge is -2.30. The highest BCUT2D eigenvalue weighted by Gasteiger charge is 2.48. The molecule has 0 spiro atoms. The van der Waals surface area contributed by atoms with Gasteiger partial charge in [-0.2, -0.15) is 14.0 Å². The second-order valence-corrected chi connectivity index (χ2v) is 31.3. The van der Waals surface area contributed by atoms with Crippen molar-refractivity contribution in [3.8, 4) is 0 Å². The average molecular weight is 1430 g/mol. The van der Waals surface area contributed by atoms with Crippen LogP contribution in [0, 0.1) is 10.2 Å². The molecule has 4 rings (SSSR count). The van der Waals surface area contributed by atoms with Crippen LogP contribution < -0.4 is 33.6 Å². The van der Waals surface area contributed by atoms with Crippen LogP contribution >= 0.6 is 0 Å². The van der Waals surface area contributed by atoms with Crippen LogP contribution in [0.4, 0.5) is 22.7 Å². The molecule has 0 unspecified atom stereocenters. The first-order valence-corrected chi connectivity index (χ1v) is 44.7. The largest absolute Gasteiger partial charge is 0.372 e. The first-order valence-electron chi connectivity index (χ1n) is 43.4. The van der Waals surface area contributed by atoms with E-state index in [0.29, 0.717) is 11.1 Å². The Kier molecular flexibility index (Phi) is 51.9. The van der Waals surface area contributed by atoms with Crippen molar-refractivity contribution < 1.29 is 28.5 Å². The fourth-order valence-corrected chi connectivity index (χ4v) is 15.5. The maximum Gasteiger partial charge on any atom is 0.292 e. The fraction of sp³-hybridized carbons (Fsp3) is 0.699. The molecule has 0 aromatic heterocycles. The monoisotopic (exact) mass is 1430 g/mol. The molecule has 4 aromatic rings. The van der Waals surface area contributed by atoms with Gasteiger partial charge in [-0.3, -0.25) is 0 Å². The average Bonchev–Trinajstić information content (AvgIpc) is 0.765. The van der Waals surface area contributed by atoms with Gasteiger partial charge in [-0.15, -0.1) is 0 Å². The second kappa shape index (κ2) is 58.8. The summed E-state index contributed by atoms with van der Waals surface area (Å²) in [5, 5.41) is 0. The van der Waals surface area contributed by atoms with E-state index in [2.05, 4.69) is 154 Å². The van der Waals surface area contributed by atoms with Gasteiger partial charge in [0.2, 0.25) is 0 Å². The van der Waals surface area contributed by atoms with Crippen LogP contribution in [0.5, 0.6) is 0 Å². The van der Waals surface area contributed by atoms with Gasteiger partial charge in [-0.1, -0.05) is 373 Å². The third-order valence-electron chi connectivity index (χ3n) is 21.5. The molecule has 0 atom stereocenters. The lowest BCUT2D eigenvalue weighted by Crippen LogP contribution is -2.63. The third kappa shape index (κ3) is 38.8. The van der Waals surface area contributed by atoms with Crippen LogP contribution in [0.3, 0.4) is 0 Å². The lowest BCUT2D eigenvalue weighted by molar-refractivity contribution is -1.92. The summed E-state index contributed by atoms with van der Waals surface area (Å²) in [7, 11) is -4.94. The van der Waals surface area contributed by atoms with Crippen molar-refractivity contribution in [3.05, 3.63) is 138 Å². The zero-order valence-electron chi connectivity index (χ0n) is 67.4. The van der Waals surface area contributed by atoms with Crippen LogP contribution in [0.15, 0.2) is 115 Å². The fourth-order valence-electron chi connectivity index (χ4n) is 14.9. The van der Waals surface area contributed by atoms with Crippen molar-refractivity contribution in [2.24, 2.45) is 0 Å². The summed E-state index contributed by atoms with van der Waals surface area (Å²) < 4.78 is 47.4. The Hall–Kier alpha value is -4.31. The quantitative estimate of drug-likeness (QED) is 0.0319. The van der Waals surface area contributed by atoms with Crippen LogP contribution in [0.25, 0.3) is 5.57 Å². The highest BCUT2D eigenvalue weighted by Crippen LogP contribution is 2.40. The molecule has 0 radical (unpaired) electrons. The van der Waals surface area contributed by atoms with Crippen LogP contribution in [-0.4, -0.2) is 52.4 Å². The van der Waals surface area contributed by atoms with Gasteiger partial charge in [0.05, 0.1) is 14.5 Å². The molecule has 0 aliphatic heterocycles. The van der Waals surface area contributed by atoms with E-state index in [0.717, 1.165) is 106 Å². The van der Waals surface area contributed by atoms with Crippen LogP contribution in [0.1, 0.15) is 386 Å². The summed E-state index contributed by atoms with van der Waals surface area (Å²) in [6.07, 6.45) is 66.0. The zero-order chi connectivity index (χ0) is 73.2. The minimum atomic E-state index is -4.94. The first-order chi connectivity index (χ1) is 50.0. The Balaban J connectivity index is 1.97. The van der Waals surface area contributed by atoms with Gasteiger partial charge in [0, 0.05) is 86.2 Å². The van der Waals surface area contributed by atoms with Gasteiger partial charge in [-0.05, 0) is 123 Å². The molecule has 0 N–H and O–H groups in total. The smallest absolute Gasteiger partial charge is 0.292 e. The number of nitrogens with zero attached hydrogens (tertiary/aromatic N) is 4. The highest BCUT2D eigenvalue weighted by molar-refractivity contribution is 5.82. The Labute approximate surface area is 631 Å². The molecule has 0 aliphatic rings. The topological polar surface area (TPSA) is 91.4 Å². The molecule has 9 heteroatoms. The van der Waals surface area contributed by atoms with E-state index in [-0.39, 0.29) is 0 Å². The summed E-state index contributed by atoms with van der Waals surface area (Å²) in [5.41, 5.74) is 7.30. The minimum absolute atomic E-state index is 0.590. The number of hydrogen-bond acceptors (Lipinski definition) is 8. The zero-order valence-corrected chi connectivity index (χ0v) is 68.1. The molecule has 578 valence electrons. The van der Waals surface area contributed by atoms with Gasteiger partial charge in [0.25, 0.3) is 5.60 Å². The van der Waals surface area contributed by atoms with Crippen molar-refractivity contribution in [3.63, 3.8) is 0 Å². The number of allylic oxidation sites excluding steroid dienone is 2. The van der Waals surface area contributed by atoms with E-state index in [1.54, 1.807) is 0 Å². The van der Waals surface area contributed by atoms with Crippen molar-refractivity contribution in [2.75, 3.05) is 72.0 Å². The number of rotatable bonds is 68. The Morgan fingerprint density at radius 3 is 0.657 bits per heavy atom. The molecule has 0 bridgehead atoms. The molecule has 0 saturated heterocycles. The van der Waals surface area contributed by atoms with Crippen molar-refractivity contribution in [1.82, 2.24) is 0 Å². The SMILES string of the molecule is CCCCCCCCN(CCCCCCCC)c1ccc(C(=CC=CC(O[Cl+3]([O-])([O-])[O-])(c2ccc(N(CCCCCCCC)CCCCCCCC)cc2)c2ccc(N(CCCCCCCC)CCCCCCCC)cc2)c2ccc(N(CCCCCCCC)CCCCCCCC)cc2)cc1. The molecular weight excluding hydrogens is 1270 g/mol. The number of halogens is 1. The minimum Gasteiger partial charge on any atom is -0.372 e. The molecule has 8 nitrogen and oxygen atoms in total. The van der Waals surface area contributed by atoms with E-state index in [4.69, 9.17) is 4.29 Å². The summed E-state index contributed by atoms with van der Waals surface area (Å²) in [5.74, 6) is 0. The van der Waals surface area contributed by atoms with Gasteiger partial charge in [0.15, 0.2) is 0 Å². The Bertz CT molecular complexity index is 2390. The predicted octanol–water partition coefficient (Wildman–Crippen LogP) is 25.6. The first kappa shape index (κ1) is 90.1. The third-order valence-corrected chi connectivity index (χ3v) is 21.9. The van der Waals surface area contributed by atoms with E-state index in [9.17, 15) is 14.0 Å². The highest BCUT2D eigenvalue weighted by atomic mass is 35.7. The number of benzene rings is 4. The Morgan fingerprint density at radius 2 is 0.461 bits per heavy atom. The van der Waals surface area contributed by atoms with Crippen molar-refractivity contribution >= 4 is 28.3 Å². The van der Waals surface area contributed by atoms with Crippen molar-refractivity contribution in [1.29, 1.82) is 0 Å². The maximum atomic E-state index is 13.7. The van der Waals surface area contributed by atoms with E-state index in [1.807, 2.05) is 36.4 Å². The summed E-state index contributed by atoms with van der Waals surface area (Å²) >= 11 is 0. The van der Waals surface area contributed by atoms with Gasteiger partial charge in [0.1, 0.15) is 0 Å². The van der Waals surface area contributed by atoms with E-state index >= 15 is 0 Å². The van der Waals surface area contributed by atoms with E-state index < -0.39 is 15.8 Å². The van der Waals surface area contributed by atoms with Crippen LogP contribution in [-0.2, 0) is 9.89 Å². The molecule has 0 aliphatic carbocycles. The van der Waals surface area contributed by atoms with Gasteiger partial charge in [-0.25, -0.2) is 0 Å². The normalized spacial score (nSPS) is 11.9. The lowest BCUT2D eigenvalue weighted by atomic mass is 9.85. The molecule has 0 fully saturated rings. The van der Waals surface area contributed by atoms with Gasteiger partial charge >= 0.3 is 0 Å². The summed E-state index contributed by atoms with van der Waals surface area (Å²) in [4.78, 5) is 10.4. The van der Waals surface area contributed by atoms with E-state index in [1.165, 1.54) is 294 Å². The molecule has 102 heavy (non-hydrogen) atoms. The van der Waals surface area contributed by atoms with Crippen LogP contribution in [0.2, 0.25) is 0 Å². The molecule has 0 heterocycles. The standard InChI is InChI=1S/C93H155ClN4O4/c1-9-17-25-33-41-49-76-95(77-50-42-34-26-18-10-2)88-67-59-84(60-68-88)92(85-61-69-89(70-62-85)96(78-51-43-35-27-19-11-3)79-52-44-36-28-20-12-4)58-57-75-93(102-94(99,100)101,86-63-71-90(72-64-86)97(80-53-45-37-29-21-13-5)81-54-46-38-30-22-14-6)87-65-73-91(74-66-87)98(82-55-47-39-31-23-15-7)83-56-48-40-32-24-16-8/h57-75H,9-56,76-83H2,1-8H3. The summed E-state index contributed by atoms with van der Waals surface area (Å²) in [6, 6.07) is 35.2. The summed E-state index contributed by atoms with van der Waals surface area (Å²) in [6.45, 7) is 26.4. The van der Waals surface area contributed by atoms with Crippen molar-refractivity contribution in [2.45, 2.75) is 369 Å². The van der Waals surface area contributed by atoms with Gasteiger partial charge < -0.3 is 19.6 Å². The molecule has 4 aromatic carbocycles. The number of unbranched alkanes of at least 4 members (excludes halogenated alkanes) is 40. The molecule has 0 saturated carbocycles.